The van der Waals surface area contributed by atoms with Crippen molar-refractivity contribution in [2.45, 2.75) is 42.8 Å². The van der Waals surface area contributed by atoms with Gasteiger partial charge in [-0.3, -0.25) is 0 Å². The predicted octanol–water partition coefficient (Wildman–Crippen LogP) is 3.52. The number of hydrogen-bond donors (Lipinski definition) is 0. The van der Waals surface area contributed by atoms with Crippen molar-refractivity contribution in [3.05, 3.63) is 0 Å². The SMILES string of the molecule is CCCCCOC(=O)C(Cl)(Cl)C(C)Cl. The van der Waals surface area contributed by atoms with Crippen LogP contribution in [0.1, 0.15) is 33.1 Å². The molecule has 1 unspecified atom stereocenters. The van der Waals surface area contributed by atoms with Gasteiger partial charge in [-0.15, -0.1) is 11.6 Å². The first kappa shape index (κ1) is 14.3. The van der Waals surface area contributed by atoms with E-state index in [1.54, 1.807) is 6.92 Å². The highest BCUT2D eigenvalue weighted by Crippen LogP contribution is 2.30. The highest BCUT2D eigenvalue weighted by atomic mass is 35.5. The molecule has 0 N–H and O–H groups in total. The lowest BCUT2D eigenvalue weighted by atomic mass is 10.3. The lowest BCUT2D eigenvalue weighted by Gasteiger charge is -2.19. The van der Waals surface area contributed by atoms with Gasteiger partial charge in [0.05, 0.1) is 12.0 Å². The maximum atomic E-state index is 11.3. The smallest absolute Gasteiger partial charge is 0.344 e. The van der Waals surface area contributed by atoms with Gasteiger partial charge in [-0.25, -0.2) is 4.79 Å². The zero-order chi connectivity index (χ0) is 11.2. The molecule has 84 valence electrons. The molecule has 0 aromatic carbocycles. The summed E-state index contributed by atoms with van der Waals surface area (Å²) in [6, 6.07) is 0. The van der Waals surface area contributed by atoms with Gasteiger partial charge in [0.25, 0.3) is 0 Å². The van der Waals surface area contributed by atoms with Crippen molar-refractivity contribution in [1.82, 2.24) is 0 Å². The highest BCUT2D eigenvalue weighted by molar-refractivity contribution is 6.60. The van der Waals surface area contributed by atoms with Crippen LogP contribution in [-0.4, -0.2) is 22.3 Å². The lowest BCUT2D eigenvalue weighted by molar-refractivity contribution is -0.144. The molecule has 0 bridgehead atoms. The molecule has 0 aliphatic rings. The Kier molecular flexibility index (Phi) is 6.92. The number of esters is 1. The maximum Gasteiger partial charge on any atom is 0.344 e. The number of alkyl halides is 3. The van der Waals surface area contributed by atoms with E-state index in [9.17, 15) is 4.79 Å². The first-order valence-electron chi connectivity index (χ1n) is 4.62. The predicted molar refractivity (Wildman–Crippen MR) is 60.2 cm³/mol. The minimum atomic E-state index is -1.65. The Hall–Kier alpha value is 0.340. The van der Waals surface area contributed by atoms with Gasteiger partial charge in [0, 0.05) is 0 Å². The van der Waals surface area contributed by atoms with E-state index < -0.39 is 15.7 Å². The van der Waals surface area contributed by atoms with Crippen molar-refractivity contribution in [3.8, 4) is 0 Å². The third kappa shape index (κ3) is 4.72. The molecule has 0 rings (SSSR count). The van der Waals surface area contributed by atoms with E-state index >= 15 is 0 Å². The third-order valence-electron chi connectivity index (χ3n) is 1.75. The van der Waals surface area contributed by atoms with Crippen LogP contribution in [-0.2, 0) is 9.53 Å². The summed E-state index contributed by atoms with van der Waals surface area (Å²) in [6.07, 6.45) is 2.90. The molecule has 2 nitrogen and oxygen atoms in total. The van der Waals surface area contributed by atoms with Gasteiger partial charge in [0.2, 0.25) is 4.33 Å². The van der Waals surface area contributed by atoms with Gasteiger partial charge in [0.15, 0.2) is 0 Å². The molecule has 0 fully saturated rings. The van der Waals surface area contributed by atoms with Gasteiger partial charge in [-0.1, -0.05) is 43.0 Å². The van der Waals surface area contributed by atoms with E-state index in [-0.39, 0.29) is 0 Å². The summed E-state index contributed by atoms with van der Waals surface area (Å²) < 4.78 is 3.24. The van der Waals surface area contributed by atoms with Gasteiger partial charge in [-0.05, 0) is 13.3 Å². The first-order valence-corrected chi connectivity index (χ1v) is 5.81. The standard InChI is InChI=1S/C9H15Cl3O2/c1-3-4-5-6-14-8(13)9(11,12)7(2)10/h7H,3-6H2,1-2H3. The Morgan fingerprint density at radius 2 is 2.00 bits per heavy atom. The van der Waals surface area contributed by atoms with Crippen LogP contribution < -0.4 is 0 Å². The van der Waals surface area contributed by atoms with Crippen LogP contribution in [0.25, 0.3) is 0 Å². The van der Waals surface area contributed by atoms with Crippen LogP contribution in [0.15, 0.2) is 0 Å². The molecular formula is C9H15Cl3O2. The molecule has 0 aromatic heterocycles. The molecule has 0 aromatic rings. The lowest BCUT2D eigenvalue weighted by Crippen LogP contribution is -2.36. The van der Waals surface area contributed by atoms with Gasteiger partial charge < -0.3 is 4.74 Å². The van der Waals surface area contributed by atoms with Gasteiger partial charge in [0.1, 0.15) is 0 Å². The molecule has 0 saturated carbocycles. The first-order chi connectivity index (χ1) is 6.42. The second-order valence-electron chi connectivity index (χ2n) is 3.08. The summed E-state index contributed by atoms with van der Waals surface area (Å²) >= 11 is 17.0. The van der Waals surface area contributed by atoms with Crippen molar-refractivity contribution >= 4 is 40.8 Å². The van der Waals surface area contributed by atoms with Crippen LogP contribution in [0.2, 0.25) is 0 Å². The number of ether oxygens (including phenoxy) is 1. The average molecular weight is 262 g/mol. The zero-order valence-corrected chi connectivity index (χ0v) is 10.6. The van der Waals surface area contributed by atoms with Crippen molar-refractivity contribution in [2.24, 2.45) is 0 Å². The van der Waals surface area contributed by atoms with Crippen molar-refractivity contribution in [2.75, 3.05) is 6.61 Å². The molecule has 0 radical (unpaired) electrons. The van der Waals surface area contributed by atoms with Crippen LogP contribution in [0, 0.1) is 0 Å². The van der Waals surface area contributed by atoms with Crippen LogP contribution >= 0.6 is 34.8 Å². The topological polar surface area (TPSA) is 26.3 Å². The Balaban J connectivity index is 3.84. The molecule has 14 heavy (non-hydrogen) atoms. The van der Waals surface area contributed by atoms with Crippen LogP contribution in [0.3, 0.4) is 0 Å². The number of unbranched alkanes of at least 4 members (excludes halogenated alkanes) is 2. The second-order valence-corrected chi connectivity index (χ2v) is 5.12. The monoisotopic (exact) mass is 260 g/mol. The van der Waals surface area contributed by atoms with E-state index in [1.807, 2.05) is 0 Å². The molecule has 0 spiro atoms. The van der Waals surface area contributed by atoms with Gasteiger partial charge in [-0.2, -0.15) is 0 Å². The van der Waals surface area contributed by atoms with Crippen molar-refractivity contribution in [3.63, 3.8) is 0 Å². The zero-order valence-electron chi connectivity index (χ0n) is 8.36. The van der Waals surface area contributed by atoms with E-state index in [0.29, 0.717) is 6.61 Å². The van der Waals surface area contributed by atoms with Crippen molar-refractivity contribution < 1.29 is 9.53 Å². The average Bonchev–Trinajstić information content (AvgIpc) is 2.11. The number of carbonyl (C=O) groups is 1. The summed E-state index contributed by atoms with van der Waals surface area (Å²) in [7, 11) is 0. The number of hydrogen-bond acceptors (Lipinski definition) is 2. The van der Waals surface area contributed by atoms with Gasteiger partial charge >= 0.3 is 5.97 Å². The van der Waals surface area contributed by atoms with E-state index in [4.69, 9.17) is 39.5 Å². The minimum Gasteiger partial charge on any atom is -0.463 e. The van der Waals surface area contributed by atoms with Crippen LogP contribution in [0.5, 0.6) is 0 Å². The molecular weight excluding hydrogens is 246 g/mol. The fourth-order valence-electron chi connectivity index (χ4n) is 0.776. The molecule has 0 amide bonds. The third-order valence-corrected chi connectivity index (χ3v) is 3.27. The molecule has 0 aliphatic heterocycles. The summed E-state index contributed by atoms with van der Waals surface area (Å²) in [4.78, 5) is 11.3. The molecule has 5 heteroatoms. The Morgan fingerprint density at radius 1 is 1.43 bits per heavy atom. The van der Waals surface area contributed by atoms with E-state index in [0.717, 1.165) is 19.3 Å². The minimum absolute atomic E-state index is 0.345. The molecule has 0 heterocycles. The summed E-state index contributed by atoms with van der Waals surface area (Å²) in [5.74, 6) is -0.667. The Morgan fingerprint density at radius 3 is 2.43 bits per heavy atom. The summed E-state index contributed by atoms with van der Waals surface area (Å²) in [5.41, 5.74) is 0. The molecule has 1 atom stereocenters. The number of carbonyl (C=O) groups excluding carboxylic acids is 1. The maximum absolute atomic E-state index is 11.3. The molecule has 0 aliphatic carbocycles. The van der Waals surface area contributed by atoms with E-state index in [1.165, 1.54) is 0 Å². The quantitative estimate of drug-likeness (QED) is 0.415. The number of halogens is 3. The Bertz CT molecular complexity index is 181. The summed E-state index contributed by atoms with van der Waals surface area (Å²) in [6.45, 7) is 3.96. The van der Waals surface area contributed by atoms with Crippen molar-refractivity contribution in [1.29, 1.82) is 0 Å². The van der Waals surface area contributed by atoms with E-state index in [2.05, 4.69) is 6.92 Å². The highest BCUT2D eigenvalue weighted by Gasteiger charge is 2.40. The fourth-order valence-corrected chi connectivity index (χ4v) is 0.974. The normalized spacial score (nSPS) is 13.8. The molecule has 0 saturated heterocycles. The summed E-state index contributed by atoms with van der Waals surface area (Å²) in [5, 5.41) is -0.676. The fraction of sp³-hybridized carbons (Fsp3) is 0.889. The Labute approximate surface area is 99.8 Å². The number of rotatable bonds is 6. The second kappa shape index (κ2) is 6.76. The largest absolute Gasteiger partial charge is 0.463 e. The van der Waals surface area contributed by atoms with Crippen LogP contribution in [0.4, 0.5) is 0 Å².